The normalized spacial score (nSPS) is 10.8. The zero-order valence-electron chi connectivity index (χ0n) is 17.9. The van der Waals surface area contributed by atoms with Gasteiger partial charge in [0.25, 0.3) is 0 Å². The summed E-state index contributed by atoms with van der Waals surface area (Å²) in [6.07, 6.45) is 3.24. The lowest BCUT2D eigenvalue weighted by molar-refractivity contribution is 0.0600. The number of ether oxygens (including phenoxy) is 4. The predicted molar refractivity (Wildman–Crippen MR) is 117 cm³/mol. The van der Waals surface area contributed by atoms with Gasteiger partial charge in [-0.25, -0.2) is 9.78 Å². The van der Waals surface area contributed by atoms with E-state index in [9.17, 15) is 9.59 Å². The molecule has 0 atom stereocenters. The van der Waals surface area contributed by atoms with Crippen LogP contribution in [0.1, 0.15) is 26.4 Å². The highest BCUT2D eigenvalue weighted by Gasteiger charge is 2.20. The number of carbonyl (C=O) groups is 2. The summed E-state index contributed by atoms with van der Waals surface area (Å²) in [4.78, 5) is 35.4. The summed E-state index contributed by atoms with van der Waals surface area (Å²) in [6, 6.07) is 8.36. The fourth-order valence-electron chi connectivity index (χ4n) is 3.51. The first-order valence-corrected chi connectivity index (χ1v) is 9.60. The lowest BCUT2D eigenvalue weighted by atomic mass is 10.1. The van der Waals surface area contributed by atoms with Crippen LogP contribution in [0.5, 0.6) is 17.2 Å². The van der Waals surface area contributed by atoms with Gasteiger partial charge in [-0.15, -0.1) is 0 Å². The van der Waals surface area contributed by atoms with Crippen molar-refractivity contribution in [2.45, 2.75) is 0 Å². The van der Waals surface area contributed by atoms with Gasteiger partial charge in [-0.3, -0.25) is 4.79 Å². The third-order valence-electron chi connectivity index (χ3n) is 5.11. The summed E-state index contributed by atoms with van der Waals surface area (Å²) in [5, 5.41) is 0.846. The van der Waals surface area contributed by atoms with E-state index in [2.05, 4.69) is 15.0 Å². The quantitative estimate of drug-likeness (QED) is 0.337. The van der Waals surface area contributed by atoms with E-state index >= 15 is 0 Å². The molecule has 4 rings (SSSR count). The molecule has 2 heterocycles. The van der Waals surface area contributed by atoms with Crippen molar-refractivity contribution in [3.05, 3.63) is 59.5 Å². The molecule has 0 bridgehead atoms. The Morgan fingerprint density at radius 3 is 2.25 bits per heavy atom. The number of rotatable bonds is 7. The number of nitrogens with one attached hydrogen (secondary N) is 2. The third kappa shape index (κ3) is 3.53. The van der Waals surface area contributed by atoms with Crippen LogP contribution in [0.3, 0.4) is 0 Å². The number of nitrogens with zero attached hydrogens (tertiary/aromatic N) is 1. The number of hydrogen-bond donors (Lipinski definition) is 2. The van der Waals surface area contributed by atoms with Gasteiger partial charge in [0.1, 0.15) is 11.5 Å². The van der Waals surface area contributed by atoms with Gasteiger partial charge in [0.2, 0.25) is 11.5 Å². The van der Waals surface area contributed by atoms with Crippen LogP contribution in [0.25, 0.3) is 22.3 Å². The third-order valence-corrected chi connectivity index (χ3v) is 5.11. The molecule has 4 aromatic rings. The number of aromatic nitrogens is 3. The molecule has 0 amide bonds. The standard InChI is InChI=1S/C23H21N3O6/c1-29-18-8-13(9-19(30-2)21(18)31-3)20(27)17-11-25-22(26-17)15-10-24-16-7-12(23(28)32-4)5-6-14(15)16/h5-11,24H,1-4H3,(H,25,26). The van der Waals surface area contributed by atoms with E-state index in [0.29, 0.717) is 39.9 Å². The minimum absolute atomic E-state index is 0.282. The molecule has 0 aliphatic heterocycles. The Morgan fingerprint density at radius 2 is 1.62 bits per heavy atom. The molecule has 0 spiro atoms. The van der Waals surface area contributed by atoms with Gasteiger partial charge in [-0.2, -0.15) is 0 Å². The number of benzene rings is 2. The molecule has 0 aliphatic rings. The number of esters is 1. The van der Waals surface area contributed by atoms with E-state index in [1.54, 1.807) is 36.5 Å². The Hall–Kier alpha value is -4.27. The Labute approximate surface area is 183 Å². The smallest absolute Gasteiger partial charge is 0.337 e. The maximum absolute atomic E-state index is 13.1. The predicted octanol–water partition coefficient (Wildman–Crippen LogP) is 3.60. The van der Waals surface area contributed by atoms with Crippen LogP contribution in [-0.2, 0) is 4.74 Å². The van der Waals surface area contributed by atoms with E-state index in [-0.39, 0.29) is 5.78 Å². The van der Waals surface area contributed by atoms with Crippen molar-refractivity contribution in [3.63, 3.8) is 0 Å². The number of methoxy groups -OCH3 is 4. The molecule has 0 radical (unpaired) electrons. The number of hydrogen-bond acceptors (Lipinski definition) is 7. The zero-order chi connectivity index (χ0) is 22.8. The second kappa shape index (κ2) is 8.46. The maximum Gasteiger partial charge on any atom is 0.337 e. The monoisotopic (exact) mass is 435 g/mol. The molecule has 164 valence electrons. The van der Waals surface area contributed by atoms with Gasteiger partial charge in [0.05, 0.1) is 40.2 Å². The topological polar surface area (TPSA) is 116 Å². The Balaban J connectivity index is 1.69. The fraction of sp³-hybridized carbons (Fsp3) is 0.174. The number of H-pyrrole nitrogens is 2. The van der Waals surface area contributed by atoms with Crippen LogP contribution in [-0.4, -0.2) is 55.1 Å². The number of carbonyl (C=O) groups excluding carboxylic acids is 2. The van der Waals surface area contributed by atoms with E-state index in [1.165, 1.54) is 34.6 Å². The molecule has 0 saturated carbocycles. The van der Waals surface area contributed by atoms with Gasteiger partial charge in [-0.05, 0) is 24.3 Å². The summed E-state index contributed by atoms with van der Waals surface area (Å²) < 4.78 is 20.7. The summed E-state index contributed by atoms with van der Waals surface area (Å²) in [7, 11) is 5.81. The number of imidazole rings is 1. The molecular formula is C23H21N3O6. The largest absolute Gasteiger partial charge is 0.493 e. The molecule has 0 unspecified atom stereocenters. The molecule has 0 saturated heterocycles. The second-order valence-corrected chi connectivity index (χ2v) is 6.84. The summed E-state index contributed by atoms with van der Waals surface area (Å²) in [5.74, 6) is 0.982. The van der Waals surface area contributed by atoms with Gasteiger partial charge in [0.15, 0.2) is 11.5 Å². The van der Waals surface area contributed by atoms with Crippen molar-refractivity contribution in [2.24, 2.45) is 0 Å². The molecule has 9 heteroatoms. The lowest BCUT2D eigenvalue weighted by Gasteiger charge is -2.13. The molecule has 2 N–H and O–H groups in total. The minimum Gasteiger partial charge on any atom is -0.493 e. The summed E-state index contributed by atoms with van der Waals surface area (Å²) in [6.45, 7) is 0. The fourth-order valence-corrected chi connectivity index (χ4v) is 3.51. The van der Waals surface area contributed by atoms with Crippen molar-refractivity contribution in [3.8, 4) is 28.6 Å². The first-order valence-electron chi connectivity index (χ1n) is 9.60. The van der Waals surface area contributed by atoms with Gasteiger partial charge >= 0.3 is 5.97 Å². The number of aromatic amines is 2. The number of ketones is 1. The molecule has 32 heavy (non-hydrogen) atoms. The highest BCUT2D eigenvalue weighted by atomic mass is 16.5. The minimum atomic E-state index is -0.417. The van der Waals surface area contributed by atoms with Crippen molar-refractivity contribution in [2.75, 3.05) is 28.4 Å². The van der Waals surface area contributed by atoms with Crippen molar-refractivity contribution >= 4 is 22.7 Å². The average molecular weight is 435 g/mol. The Morgan fingerprint density at radius 1 is 0.906 bits per heavy atom. The molecule has 0 aliphatic carbocycles. The van der Waals surface area contributed by atoms with Gasteiger partial charge in [-0.1, -0.05) is 6.07 Å². The molecule has 2 aromatic heterocycles. The SMILES string of the molecule is COC(=O)c1ccc2c(-c3ncc(C(=O)c4cc(OC)c(OC)c(OC)c4)[nH]3)c[nH]c2c1. The molecular weight excluding hydrogens is 414 g/mol. The van der Waals surface area contributed by atoms with Crippen LogP contribution in [0.4, 0.5) is 0 Å². The van der Waals surface area contributed by atoms with Crippen LogP contribution in [0.15, 0.2) is 42.7 Å². The van der Waals surface area contributed by atoms with E-state index in [0.717, 1.165) is 16.5 Å². The Bertz CT molecular complexity index is 1300. The van der Waals surface area contributed by atoms with Gasteiger partial charge in [0, 0.05) is 28.2 Å². The highest BCUT2D eigenvalue weighted by molar-refractivity contribution is 6.09. The van der Waals surface area contributed by atoms with Crippen molar-refractivity contribution in [1.29, 1.82) is 0 Å². The Kier molecular flexibility index (Phi) is 5.55. The first kappa shape index (κ1) is 21.0. The van der Waals surface area contributed by atoms with E-state index in [1.807, 2.05) is 0 Å². The van der Waals surface area contributed by atoms with Gasteiger partial charge < -0.3 is 28.9 Å². The molecule has 0 fully saturated rings. The summed E-state index contributed by atoms with van der Waals surface area (Å²) >= 11 is 0. The van der Waals surface area contributed by atoms with Crippen LogP contribution >= 0.6 is 0 Å². The second-order valence-electron chi connectivity index (χ2n) is 6.84. The van der Waals surface area contributed by atoms with Crippen LogP contribution in [0, 0.1) is 0 Å². The lowest BCUT2D eigenvalue weighted by Crippen LogP contribution is -2.04. The highest BCUT2D eigenvalue weighted by Crippen LogP contribution is 2.38. The van der Waals surface area contributed by atoms with Crippen molar-refractivity contribution < 1.29 is 28.5 Å². The molecule has 2 aromatic carbocycles. The van der Waals surface area contributed by atoms with Crippen LogP contribution in [0.2, 0.25) is 0 Å². The maximum atomic E-state index is 13.1. The first-order chi connectivity index (χ1) is 15.5. The van der Waals surface area contributed by atoms with Crippen LogP contribution < -0.4 is 14.2 Å². The average Bonchev–Trinajstić information content (AvgIpc) is 3.48. The zero-order valence-corrected chi connectivity index (χ0v) is 17.9. The summed E-state index contributed by atoms with van der Waals surface area (Å²) in [5.41, 5.74) is 2.61. The molecule has 9 nitrogen and oxygen atoms in total. The van der Waals surface area contributed by atoms with E-state index in [4.69, 9.17) is 18.9 Å². The van der Waals surface area contributed by atoms with E-state index < -0.39 is 5.97 Å². The van der Waals surface area contributed by atoms with Crippen molar-refractivity contribution in [1.82, 2.24) is 15.0 Å². The number of fused-ring (bicyclic) bond motifs is 1.